The molecule has 1 aromatic carbocycles. The summed E-state index contributed by atoms with van der Waals surface area (Å²) >= 11 is 0. The number of benzene rings is 1. The molecule has 0 aromatic heterocycles. The van der Waals surface area contributed by atoms with Crippen LogP contribution in [0.15, 0.2) is 24.3 Å². The summed E-state index contributed by atoms with van der Waals surface area (Å²) < 4.78 is 37.1. The summed E-state index contributed by atoms with van der Waals surface area (Å²) in [6.07, 6.45) is -4.37. The van der Waals surface area contributed by atoms with Gasteiger partial charge in [-0.1, -0.05) is 13.8 Å². The minimum absolute atomic E-state index is 0.266. The molecule has 0 N–H and O–H groups in total. The van der Waals surface area contributed by atoms with Crippen LogP contribution in [0.25, 0.3) is 0 Å². The highest BCUT2D eigenvalue weighted by molar-refractivity contribution is 5.94. The fourth-order valence-electron chi connectivity index (χ4n) is 1.65. The lowest BCUT2D eigenvalue weighted by Gasteiger charge is -2.19. The third-order valence-corrected chi connectivity index (χ3v) is 2.44. The molecule has 0 aliphatic rings. The number of carbonyl (C=O) groups excluding carboxylic acids is 1. The third kappa shape index (κ3) is 3.75. The van der Waals surface area contributed by atoms with Crippen LogP contribution in [0.3, 0.4) is 0 Å². The Morgan fingerprint density at radius 2 is 1.72 bits per heavy atom. The topological polar surface area (TPSA) is 20.3 Å². The molecule has 0 heterocycles. The van der Waals surface area contributed by atoms with Crippen LogP contribution in [-0.2, 0) is 6.18 Å². The van der Waals surface area contributed by atoms with Gasteiger partial charge in [0.25, 0.3) is 5.91 Å². The molecule has 1 rings (SSSR count). The molecule has 0 aliphatic heterocycles. The molecule has 0 aliphatic carbocycles. The summed E-state index contributed by atoms with van der Waals surface area (Å²) in [6, 6.07) is 4.27. The van der Waals surface area contributed by atoms with E-state index in [0.717, 1.165) is 12.1 Å². The van der Waals surface area contributed by atoms with E-state index >= 15 is 0 Å². The van der Waals surface area contributed by atoms with E-state index < -0.39 is 11.7 Å². The zero-order valence-corrected chi connectivity index (χ0v) is 10.6. The molecule has 0 spiro atoms. The van der Waals surface area contributed by atoms with E-state index in [2.05, 4.69) is 0 Å². The summed E-state index contributed by atoms with van der Waals surface area (Å²) in [5.74, 6) is 0.0471. The molecule has 5 heteroatoms. The lowest BCUT2D eigenvalue weighted by atomic mass is 10.1. The summed E-state index contributed by atoms with van der Waals surface area (Å²) in [5.41, 5.74) is -0.475. The molecule has 0 saturated heterocycles. The molecule has 0 radical (unpaired) electrons. The van der Waals surface area contributed by atoms with Gasteiger partial charge in [-0.2, -0.15) is 13.2 Å². The smallest absolute Gasteiger partial charge is 0.341 e. The molecule has 0 fully saturated rings. The Hall–Kier alpha value is -1.52. The van der Waals surface area contributed by atoms with E-state index in [0.29, 0.717) is 12.5 Å². The third-order valence-electron chi connectivity index (χ3n) is 2.44. The van der Waals surface area contributed by atoms with Crippen molar-refractivity contribution in [2.75, 3.05) is 13.6 Å². The Bertz CT molecular complexity index is 409. The molecular formula is C13H16F3NO. The van der Waals surface area contributed by atoms with Gasteiger partial charge in [-0.15, -0.1) is 0 Å². The summed E-state index contributed by atoms with van der Waals surface area (Å²) in [7, 11) is 1.64. The maximum absolute atomic E-state index is 12.4. The van der Waals surface area contributed by atoms with Crippen molar-refractivity contribution >= 4 is 5.91 Å². The Balaban J connectivity index is 2.82. The second kappa shape index (κ2) is 5.42. The molecule has 2 nitrogen and oxygen atoms in total. The predicted octanol–water partition coefficient (Wildman–Crippen LogP) is 3.43. The van der Waals surface area contributed by atoms with Gasteiger partial charge < -0.3 is 4.90 Å². The number of nitrogens with zero attached hydrogens (tertiary/aromatic N) is 1. The SMILES string of the molecule is CC(C)CN(C)C(=O)c1ccc(C(F)(F)F)cc1. The first kappa shape index (κ1) is 14.5. The molecule has 18 heavy (non-hydrogen) atoms. The number of hydrogen-bond acceptors (Lipinski definition) is 1. The number of halogens is 3. The second-order valence-electron chi connectivity index (χ2n) is 4.65. The van der Waals surface area contributed by atoms with E-state index in [1.54, 1.807) is 7.05 Å². The van der Waals surface area contributed by atoms with E-state index in [1.807, 2.05) is 13.8 Å². The van der Waals surface area contributed by atoms with Gasteiger partial charge in [-0.25, -0.2) is 0 Å². The molecule has 0 atom stereocenters. The van der Waals surface area contributed by atoms with Gasteiger partial charge in [0.2, 0.25) is 0 Å². The average Bonchev–Trinajstić information content (AvgIpc) is 2.26. The van der Waals surface area contributed by atoms with Crippen LogP contribution in [0.1, 0.15) is 29.8 Å². The lowest BCUT2D eigenvalue weighted by molar-refractivity contribution is -0.137. The van der Waals surface area contributed by atoms with Crippen LogP contribution in [0.5, 0.6) is 0 Å². The number of amides is 1. The standard InChI is InChI=1S/C13H16F3NO/c1-9(2)8-17(3)12(18)10-4-6-11(7-5-10)13(14,15)16/h4-7,9H,8H2,1-3H3. The Kier molecular flexibility index (Phi) is 4.38. The molecule has 1 amide bonds. The summed E-state index contributed by atoms with van der Waals surface area (Å²) in [5, 5.41) is 0. The molecule has 0 bridgehead atoms. The highest BCUT2D eigenvalue weighted by Gasteiger charge is 2.30. The van der Waals surface area contributed by atoms with E-state index in [4.69, 9.17) is 0 Å². The van der Waals surface area contributed by atoms with Crippen molar-refractivity contribution in [2.45, 2.75) is 20.0 Å². The highest BCUT2D eigenvalue weighted by atomic mass is 19.4. The zero-order chi connectivity index (χ0) is 13.9. The first-order valence-electron chi connectivity index (χ1n) is 5.64. The Morgan fingerprint density at radius 1 is 1.22 bits per heavy atom. The van der Waals surface area contributed by atoms with Gasteiger partial charge in [0.05, 0.1) is 5.56 Å². The van der Waals surface area contributed by atoms with Crippen molar-refractivity contribution in [2.24, 2.45) is 5.92 Å². The number of alkyl halides is 3. The van der Waals surface area contributed by atoms with Crippen molar-refractivity contribution in [1.29, 1.82) is 0 Å². The maximum atomic E-state index is 12.4. The lowest BCUT2D eigenvalue weighted by Crippen LogP contribution is -2.30. The Morgan fingerprint density at radius 3 is 2.11 bits per heavy atom. The minimum Gasteiger partial charge on any atom is -0.341 e. The summed E-state index contributed by atoms with van der Waals surface area (Å²) in [4.78, 5) is 13.4. The van der Waals surface area contributed by atoms with Gasteiger partial charge in [0, 0.05) is 19.2 Å². The van der Waals surface area contributed by atoms with Crippen molar-refractivity contribution in [3.05, 3.63) is 35.4 Å². The first-order chi connectivity index (χ1) is 8.21. The summed E-state index contributed by atoms with van der Waals surface area (Å²) in [6.45, 7) is 4.51. The fraction of sp³-hybridized carbons (Fsp3) is 0.462. The number of hydrogen-bond donors (Lipinski definition) is 0. The largest absolute Gasteiger partial charge is 0.416 e. The zero-order valence-electron chi connectivity index (χ0n) is 10.6. The first-order valence-corrected chi connectivity index (χ1v) is 5.64. The molecule has 100 valence electrons. The van der Waals surface area contributed by atoms with E-state index in [-0.39, 0.29) is 11.5 Å². The number of rotatable bonds is 3. The van der Waals surface area contributed by atoms with Crippen molar-refractivity contribution in [1.82, 2.24) is 4.90 Å². The molecule has 0 saturated carbocycles. The molecule has 1 aromatic rings. The van der Waals surface area contributed by atoms with E-state index in [9.17, 15) is 18.0 Å². The van der Waals surface area contributed by atoms with Gasteiger partial charge >= 0.3 is 6.18 Å². The van der Waals surface area contributed by atoms with Crippen molar-refractivity contribution in [3.63, 3.8) is 0 Å². The normalized spacial score (nSPS) is 11.7. The average molecular weight is 259 g/mol. The monoisotopic (exact) mass is 259 g/mol. The molecular weight excluding hydrogens is 243 g/mol. The van der Waals surface area contributed by atoms with Crippen LogP contribution >= 0.6 is 0 Å². The van der Waals surface area contributed by atoms with Crippen LogP contribution in [0, 0.1) is 5.92 Å². The number of carbonyl (C=O) groups is 1. The maximum Gasteiger partial charge on any atom is 0.416 e. The van der Waals surface area contributed by atoms with Gasteiger partial charge in [-0.05, 0) is 30.2 Å². The van der Waals surface area contributed by atoms with Gasteiger partial charge in [-0.3, -0.25) is 4.79 Å². The highest BCUT2D eigenvalue weighted by Crippen LogP contribution is 2.29. The van der Waals surface area contributed by atoms with Crippen LogP contribution < -0.4 is 0 Å². The van der Waals surface area contributed by atoms with E-state index in [1.165, 1.54) is 17.0 Å². The van der Waals surface area contributed by atoms with Crippen LogP contribution in [0.2, 0.25) is 0 Å². The Labute approximate surface area is 104 Å². The van der Waals surface area contributed by atoms with Gasteiger partial charge in [0.15, 0.2) is 0 Å². The minimum atomic E-state index is -4.37. The van der Waals surface area contributed by atoms with Crippen molar-refractivity contribution < 1.29 is 18.0 Å². The fourth-order valence-corrected chi connectivity index (χ4v) is 1.65. The quantitative estimate of drug-likeness (QED) is 0.814. The second-order valence-corrected chi connectivity index (χ2v) is 4.65. The predicted molar refractivity (Wildman–Crippen MR) is 63.2 cm³/mol. The van der Waals surface area contributed by atoms with Crippen LogP contribution in [0.4, 0.5) is 13.2 Å². The van der Waals surface area contributed by atoms with Crippen molar-refractivity contribution in [3.8, 4) is 0 Å². The molecule has 0 unspecified atom stereocenters. The van der Waals surface area contributed by atoms with Gasteiger partial charge in [0.1, 0.15) is 0 Å². The van der Waals surface area contributed by atoms with Crippen LogP contribution in [-0.4, -0.2) is 24.4 Å².